The minimum Gasteiger partial charge on any atom is -0.326 e. The lowest BCUT2D eigenvalue weighted by atomic mass is 10.0. The number of anilines is 2. The summed E-state index contributed by atoms with van der Waals surface area (Å²) in [6.07, 6.45) is 1.28. The van der Waals surface area contributed by atoms with E-state index < -0.39 is 15.7 Å². The molecule has 0 aromatic heterocycles. The number of amides is 2. The van der Waals surface area contributed by atoms with Gasteiger partial charge in [0.1, 0.15) is 0 Å². The van der Waals surface area contributed by atoms with Gasteiger partial charge in [-0.2, -0.15) is 0 Å². The van der Waals surface area contributed by atoms with E-state index in [1.807, 2.05) is 42.5 Å². The fourth-order valence-corrected chi connectivity index (χ4v) is 4.48. The van der Waals surface area contributed by atoms with E-state index in [1.54, 1.807) is 18.2 Å². The number of nitrogens with one attached hydrogen (secondary N) is 2. The van der Waals surface area contributed by atoms with Crippen LogP contribution in [-0.4, -0.2) is 26.5 Å². The maximum atomic E-state index is 12.6. The summed E-state index contributed by atoms with van der Waals surface area (Å²) in [5.74, 6) is -0.693. The Balaban J connectivity index is 1.45. The van der Waals surface area contributed by atoms with Crippen LogP contribution in [0, 0.1) is 0 Å². The molecule has 2 N–H and O–H groups in total. The van der Waals surface area contributed by atoms with Gasteiger partial charge in [0, 0.05) is 17.5 Å². The molecule has 0 bridgehead atoms. The van der Waals surface area contributed by atoms with Gasteiger partial charge >= 0.3 is 0 Å². The summed E-state index contributed by atoms with van der Waals surface area (Å²) >= 11 is 6.32. The maximum Gasteiger partial charge on any atom is 0.255 e. The Morgan fingerprint density at radius 1 is 0.853 bits per heavy atom. The molecular weight excluding hydrogens is 472 g/mol. The first-order chi connectivity index (χ1) is 16.2. The Kier molecular flexibility index (Phi) is 6.68. The van der Waals surface area contributed by atoms with E-state index in [2.05, 4.69) is 10.6 Å². The number of carbonyl (C=O) groups excluding carboxylic acids is 2. The second kappa shape index (κ2) is 9.67. The van der Waals surface area contributed by atoms with Gasteiger partial charge < -0.3 is 10.6 Å². The van der Waals surface area contributed by atoms with Crippen molar-refractivity contribution in [2.45, 2.75) is 11.3 Å². The first kappa shape index (κ1) is 23.5. The molecule has 0 spiro atoms. The Morgan fingerprint density at radius 3 is 2.35 bits per heavy atom. The van der Waals surface area contributed by atoms with E-state index in [0.717, 1.165) is 22.6 Å². The summed E-state index contributed by atoms with van der Waals surface area (Å²) in [5, 5.41) is 7.82. The molecule has 172 valence electrons. The number of hydrogen-bond acceptors (Lipinski definition) is 4. The van der Waals surface area contributed by atoms with E-state index in [4.69, 9.17) is 11.6 Å². The molecular formula is C26H21ClN2O4S. The van der Waals surface area contributed by atoms with Crippen LogP contribution in [-0.2, 0) is 21.1 Å². The van der Waals surface area contributed by atoms with Crippen LogP contribution in [0.5, 0.6) is 0 Å². The molecule has 0 fully saturated rings. The molecule has 2 amide bonds. The highest BCUT2D eigenvalue weighted by Gasteiger charge is 2.14. The summed E-state index contributed by atoms with van der Waals surface area (Å²) in [6, 6.07) is 24.2. The van der Waals surface area contributed by atoms with Crippen LogP contribution in [0.1, 0.15) is 15.9 Å². The standard InChI is InChI=1S/C26H21ClN2O4S/c1-34(32,33)21-10-5-9-19(14-21)26(31)29-24-13-12-20(16-23(24)27)28-25(30)15-18-8-4-7-17-6-2-3-11-22(17)18/h2-14,16H,15H2,1H3,(H,28,30)(H,29,31). The number of fused-ring (bicyclic) bond motifs is 1. The lowest BCUT2D eigenvalue weighted by Crippen LogP contribution is -2.15. The smallest absolute Gasteiger partial charge is 0.255 e. The Morgan fingerprint density at radius 2 is 1.59 bits per heavy atom. The Hall–Kier alpha value is -3.68. The van der Waals surface area contributed by atoms with E-state index in [9.17, 15) is 18.0 Å². The average molecular weight is 493 g/mol. The highest BCUT2D eigenvalue weighted by atomic mass is 35.5. The lowest BCUT2D eigenvalue weighted by Gasteiger charge is -2.11. The Labute approximate surface area is 202 Å². The molecule has 0 aliphatic rings. The third-order valence-electron chi connectivity index (χ3n) is 5.26. The highest BCUT2D eigenvalue weighted by molar-refractivity contribution is 7.90. The van der Waals surface area contributed by atoms with Gasteiger partial charge in [-0.05, 0) is 52.7 Å². The molecule has 6 nitrogen and oxygen atoms in total. The molecule has 0 saturated heterocycles. The van der Waals surface area contributed by atoms with Crippen molar-refractivity contribution in [2.24, 2.45) is 0 Å². The van der Waals surface area contributed by atoms with E-state index >= 15 is 0 Å². The van der Waals surface area contributed by atoms with Crippen LogP contribution < -0.4 is 10.6 Å². The molecule has 0 radical (unpaired) electrons. The van der Waals surface area contributed by atoms with Crippen molar-refractivity contribution in [1.29, 1.82) is 0 Å². The van der Waals surface area contributed by atoms with Crippen LogP contribution in [0.2, 0.25) is 5.02 Å². The van der Waals surface area contributed by atoms with Gasteiger partial charge in [0.2, 0.25) is 5.91 Å². The van der Waals surface area contributed by atoms with Crippen molar-refractivity contribution in [2.75, 3.05) is 16.9 Å². The fraction of sp³-hybridized carbons (Fsp3) is 0.0769. The molecule has 0 heterocycles. The topological polar surface area (TPSA) is 92.3 Å². The van der Waals surface area contributed by atoms with E-state index in [0.29, 0.717) is 11.4 Å². The van der Waals surface area contributed by atoms with E-state index in [-0.39, 0.29) is 27.8 Å². The number of halogens is 1. The largest absolute Gasteiger partial charge is 0.326 e. The number of carbonyl (C=O) groups is 2. The minimum atomic E-state index is -3.44. The van der Waals surface area contributed by atoms with Crippen molar-refractivity contribution >= 4 is 55.4 Å². The SMILES string of the molecule is CS(=O)(=O)c1cccc(C(=O)Nc2ccc(NC(=O)Cc3cccc4ccccc34)cc2Cl)c1. The summed E-state index contributed by atoms with van der Waals surface area (Å²) in [5.41, 5.74) is 1.93. The molecule has 0 aliphatic carbocycles. The number of benzene rings is 4. The van der Waals surface area contributed by atoms with E-state index in [1.165, 1.54) is 24.3 Å². The molecule has 4 aromatic rings. The zero-order valence-electron chi connectivity index (χ0n) is 18.2. The average Bonchev–Trinajstić information content (AvgIpc) is 2.80. The van der Waals surface area contributed by atoms with Crippen molar-refractivity contribution in [3.05, 3.63) is 101 Å². The number of hydrogen-bond donors (Lipinski definition) is 2. The predicted molar refractivity (Wildman–Crippen MR) is 135 cm³/mol. The molecule has 0 aliphatic heterocycles. The maximum absolute atomic E-state index is 12.6. The summed E-state index contributed by atoms with van der Waals surface area (Å²) < 4.78 is 23.5. The van der Waals surface area contributed by atoms with Crippen molar-refractivity contribution in [3.63, 3.8) is 0 Å². The molecule has 0 atom stereocenters. The zero-order valence-corrected chi connectivity index (χ0v) is 19.8. The summed E-state index contributed by atoms with van der Waals surface area (Å²) in [6.45, 7) is 0. The first-order valence-corrected chi connectivity index (χ1v) is 12.7. The van der Waals surface area contributed by atoms with Crippen LogP contribution in [0.3, 0.4) is 0 Å². The molecule has 0 unspecified atom stereocenters. The van der Waals surface area contributed by atoms with Gasteiger partial charge in [-0.15, -0.1) is 0 Å². The predicted octanol–water partition coefficient (Wildman–Crippen LogP) is 5.33. The summed E-state index contributed by atoms with van der Waals surface area (Å²) in [4.78, 5) is 25.3. The number of rotatable bonds is 6. The molecule has 4 rings (SSSR count). The van der Waals surface area contributed by atoms with Crippen LogP contribution in [0.25, 0.3) is 10.8 Å². The van der Waals surface area contributed by atoms with Gasteiger partial charge in [-0.25, -0.2) is 8.42 Å². The Bertz CT molecular complexity index is 1510. The highest BCUT2D eigenvalue weighted by Crippen LogP contribution is 2.27. The van der Waals surface area contributed by atoms with Gasteiger partial charge in [-0.3, -0.25) is 9.59 Å². The van der Waals surface area contributed by atoms with Crippen LogP contribution in [0.15, 0.2) is 89.8 Å². The number of sulfone groups is 1. The molecule has 8 heteroatoms. The molecule has 0 saturated carbocycles. The fourth-order valence-electron chi connectivity index (χ4n) is 3.58. The monoisotopic (exact) mass is 492 g/mol. The van der Waals surface area contributed by atoms with Crippen LogP contribution in [0.4, 0.5) is 11.4 Å². The normalized spacial score (nSPS) is 11.2. The van der Waals surface area contributed by atoms with Gasteiger partial charge in [0.15, 0.2) is 9.84 Å². The van der Waals surface area contributed by atoms with Crippen molar-refractivity contribution < 1.29 is 18.0 Å². The third-order valence-corrected chi connectivity index (χ3v) is 6.68. The zero-order chi connectivity index (χ0) is 24.3. The van der Waals surface area contributed by atoms with Crippen LogP contribution >= 0.6 is 11.6 Å². The molecule has 34 heavy (non-hydrogen) atoms. The van der Waals surface area contributed by atoms with Crippen molar-refractivity contribution in [3.8, 4) is 0 Å². The van der Waals surface area contributed by atoms with Gasteiger partial charge in [0.25, 0.3) is 5.91 Å². The minimum absolute atomic E-state index is 0.0514. The second-order valence-electron chi connectivity index (χ2n) is 7.81. The third kappa shape index (κ3) is 5.44. The van der Waals surface area contributed by atoms with Crippen molar-refractivity contribution in [1.82, 2.24) is 0 Å². The van der Waals surface area contributed by atoms with Gasteiger partial charge in [-0.1, -0.05) is 60.1 Å². The molecule has 4 aromatic carbocycles. The second-order valence-corrected chi connectivity index (χ2v) is 10.2. The quantitative estimate of drug-likeness (QED) is 0.380. The van der Waals surface area contributed by atoms with Gasteiger partial charge in [0.05, 0.1) is 22.0 Å². The first-order valence-electron chi connectivity index (χ1n) is 10.4. The lowest BCUT2D eigenvalue weighted by molar-refractivity contribution is -0.115. The summed E-state index contributed by atoms with van der Waals surface area (Å²) in [7, 11) is -3.44.